The van der Waals surface area contributed by atoms with E-state index in [9.17, 15) is 23.3 Å². The van der Waals surface area contributed by atoms with Gasteiger partial charge in [0.05, 0.1) is 34.6 Å². The molecule has 41 heavy (non-hydrogen) atoms. The number of carbonyl (C=O) groups excluding carboxylic acids is 1. The molecule has 0 fully saturated rings. The van der Waals surface area contributed by atoms with E-state index in [1.165, 1.54) is 23.1 Å². The highest BCUT2D eigenvalue weighted by atomic mass is 32.2. The number of rotatable bonds is 7. The van der Waals surface area contributed by atoms with E-state index in [0.29, 0.717) is 27.8 Å². The highest BCUT2D eigenvalue weighted by Crippen LogP contribution is 2.46. The summed E-state index contributed by atoms with van der Waals surface area (Å²) in [5.41, 5.74) is 2.74. The molecule has 0 saturated heterocycles. The number of methoxy groups -OCH3 is 1. The number of aromatic amines is 1. The lowest BCUT2D eigenvalue weighted by Crippen LogP contribution is -2.31. The number of nitrogens with one attached hydrogen (secondary N) is 1. The molecule has 10 nitrogen and oxygen atoms in total. The van der Waals surface area contributed by atoms with Crippen LogP contribution in [0.5, 0.6) is 5.75 Å². The first kappa shape index (κ1) is 26.5. The first-order chi connectivity index (χ1) is 19.7. The maximum absolute atomic E-state index is 13.9. The topological polar surface area (TPSA) is 132 Å². The van der Waals surface area contributed by atoms with Gasteiger partial charge in [0.25, 0.3) is 21.7 Å². The molecule has 1 N–H and O–H groups in total. The van der Waals surface area contributed by atoms with Gasteiger partial charge in [0, 0.05) is 29.4 Å². The van der Waals surface area contributed by atoms with Crippen molar-refractivity contribution >= 4 is 49.1 Å². The molecule has 1 amide bonds. The van der Waals surface area contributed by atoms with Gasteiger partial charge in [-0.1, -0.05) is 35.9 Å². The van der Waals surface area contributed by atoms with Crippen molar-refractivity contribution in [2.24, 2.45) is 0 Å². The van der Waals surface area contributed by atoms with Crippen molar-refractivity contribution in [3.8, 4) is 5.75 Å². The average molecular weight is 572 g/mol. The number of amides is 1. The molecule has 208 valence electrons. The SMILES string of the molecule is COc1ccc2[nH]c(C(=O)N3CC(COS(=O)(=O)c4ccc(C)cc4)c4c3cc([N+](=O)[O-])c3ccccc43)cc2c1. The second-order valence-corrected chi connectivity index (χ2v) is 11.5. The molecule has 6 rings (SSSR count). The second kappa shape index (κ2) is 10.0. The summed E-state index contributed by atoms with van der Waals surface area (Å²) < 4.78 is 36.8. The predicted molar refractivity (Wildman–Crippen MR) is 154 cm³/mol. The van der Waals surface area contributed by atoms with Crippen LogP contribution in [0.2, 0.25) is 0 Å². The lowest BCUT2D eigenvalue weighted by atomic mass is 9.94. The Morgan fingerprint density at radius 2 is 1.78 bits per heavy atom. The Hall–Kier alpha value is -4.74. The van der Waals surface area contributed by atoms with Crippen molar-refractivity contribution in [3.63, 3.8) is 0 Å². The average Bonchev–Trinajstić information content (AvgIpc) is 3.57. The van der Waals surface area contributed by atoms with E-state index in [4.69, 9.17) is 8.92 Å². The van der Waals surface area contributed by atoms with Crippen molar-refractivity contribution in [3.05, 3.63) is 106 Å². The van der Waals surface area contributed by atoms with E-state index in [2.05, 4.69) is 4.98 Å². The van der Waals surface area contributed by atoms with Crippen LogP contribution in [0.4, 0.5) is 11.4 Å². The largest absolute Gasteiger partial charge is 0.497 e. The summed E-state index contributed by atoms with van der Waals surface area (Å²) in [5, 5.41) is 13.8. The number of anilines is 1. The number of nitrogens with zero attached hydrogens (tertiary/aromatic N) is 2. The van der Waals surface area contributed by atoms with Crippen molar-refractivity contribution in [2.45, 2.75) is 17.7 Å². The van der Waals surface area contributed by atoms with E-state index < -0.39 is 26.9 Å². The van der Waals surface area contributed by atoms with Crippen molar-refractivity contribution in [1.29, 1.82) is 0 Å². The van der Waals surface area contributed by atoms with Crippen LogP contribution in [-0.2, 0) is 14.3 Å². The number of benzene rings is 4. The summed E-state index contributed by atoms with van der Waals surface area (Å²) in [4.78, 5) is 30.0. The van der Waals surface area contributed by atoms with Gasteiger partial charge in [-0.3, -0.25) is 19.1 Å². The Balaban J connectivity index is 1.42. The highest BCUT2D eigenvalue weighted by molar-refractivity contribution is 7.86. The lowest BCUT2D eigenvalue weighted by Gasteiger charge is -2.17. The molecule has 0 saturated carbocycles. The van der Waals surface area contributed by atoms with Gasteiger partial charge in [-0.05, 0) is 60.3 Å². The number of hydrogen-bond donors (Lipinski definition) is 1. The fourth-order valence-corrected chi connectivity index (χ4v) is 6.30. The van der Waals surface area contributed by atoms with E-state index in [1.807, 2.05) is 6.92 Å². The predicted octanol–water partition coefficient (Wildman–Crippen LogP) is 5.70. The minimum absolute atomic E-state index is 0.0244. The van der Waals surface area contributed by atoms with Crippen molar-refractivity contribution in [2.75, 3.05) is 25.2 Å². The molecule has 1 aliphatic heterocycles. The molecular formula is C30H25N3O7S. The molecule has 0 spiro atoms. The summed E-state index contributed by atoms with van der Waals surface area (Å²) in [5.74, 6) is -0.338. The number of aryl methyl sites for hydroxylation is 1. The highest BCUT2D eigenvalue weighted by Gasteiger charge is 2.38. The second-order valence-electron chi connectivity index (χ2n) is 9.93. The van der Waals surface area contributed by atoms with Crippen LogP contribution in [0, 0.1) is 17.0 Å². The number of H-pyrrole nitrogens is 1. The lowest BCUT2D eigenvalue weighted by molar-refractivity contribution is -0.383. The maximum Gasteiger partial charge on any atom is 0.296 e. The summed E-state index contributed by atoms with van der Waals surface area (Å²) in [7, 11) is -2.53. The number of aromatic nitrogens is 1. The number of fused-ring (bicyclic) bond motifs is 4. The third kappa shape index (κ3) is 4.68. The molecule has 1 aliphatic rings. The number of carbonyl (C=O) groups is 1. The molecule has 0 bridgehead atoms. The third-order valence-electron chi connectivity index (χ3n) is 7.38. The van der Waals surface area contributed by atoms with Crippen LogP contribution in [0.15, 0.2) is 83.8 Å². The molecule has 1 unspecified atom stereocenters. The van der Waals surface area contributed by atoms with Crippen molar-refractivity contribution < 1.29 is 27.1 Å². The van der Waals surface area contributed by atoms with Gasteiger partial charge in [0.1, 0.15) is 11.4 Å². The molecule has 11 heteroatoms. The van der Waals surface area contributed by atoms with Gasteiger partial charge in [0.15, 0.2) is 0 Å². The van der Waals surface area contributed by atoms with E-state index in [1.54, 1.807) is 67.8 Å². The number of nitro groups is 1. The zero-order valence-corrected chi connectivity index (χ0v) is 23.0. The zero-order chi connectivity index (χ0) is 28.9. The van der Waals surface area contributed by atoms with Gasteiger partial charge in [-0.2, -0.15) is 8.42 Å². The standard InChI is InChI=1S/C30H25N3O7S/c1-18-7-10-22(11-8-18)41(37,38)40-17-20-16-32(30(34)26-14-19-13-21(39-2)9-12-25(19)31-26)28-15-27(33(35)36)23-5-3-4-6-24(23)29(20)28/h3-15,20,31H,16-17H2,1-2H3. The zero-order valence-electron chi connectivity index (χ0n) is 22.2. The quantitative estimate of drug-likeness (QED) is 0.151. The Bertz CT molecular complexity index is 1950. The van der Waals surface area contributed by atoms with E-state index >= 15 is 0 Å². The molecule has 0 aliphatic carbocycles. The molecular weight excluding hydrogens is 546 g/mol. The third-order valence-corrected chi connectivity index (χ3v) is 8.67. The number of non-ortho nitro benzene ring substituents is 1. The smallest absolute Gasteiger partial charge is 0.296 e. The monoisotopic (exact) mass is 571 g/mol. The minimum Gasteiger partial charge on any atom is -0.497 e. The van der Waals surface area contributed by atoms with Gasteiger partial charge in [-0.15, -0.1) is 0 Å². The Morgan fingerprint density at radius 1 is 1.05 bits per heavy atom. The van der Waals surface area contributed by atoms with Gasteiger partial charge in [0.2, 0.25) is 0 Å². The summed E-state index contributed by atoms with van der Waals surface area (Å²) >= 11 is 0. The van der Waals surface area contributed by atoms with Gasteiger partial charge >= 0.3 is 0 Å². The maximum atomic E-state index is 13.9. The normalized spacial score (nSPS) is 14.9. The Labute approximate surface area is 235 Å². The minimum atomic E-state index is -4.09. The molecule has 4 aromatic carbocycles. The number of hydrogen-bond acceptors (Lipinski definition) is 7. The summed E-state index contributed by atoms with van der Waals surface area (Å²) in [6, 6.07) is 21.6. The molecule has 0 radical (unpaired) electrons. The molecule has 2 heterocycles. The number of nitro benzene ring substituents is 1. The van der Waals surface area contributed by atoms with Crippen LogP contribution < -0.4 is 9.64 Å². The van der Waals surface area contributed by atoms with E-state index in [0.717, 1.165) is 16.5 Å². The van der Waals surface area contributed by atoms with E-state index in [-0.39, 0.29) is 29.4 Å². The number of ether oxygens (including phenoxy) is 1. The molecule has 1 atom stereocenters. The fraction of sp³-hybridized carbons (Fsp3) is 0.167. The Morgan fingerprint density at radius 3 is 2.49 bits per heavy atom. The van der Waals surface area contributed by atoms with Crippen LogP contribution in [0.1, 0.15) is 27.5 Å². The molecule has 5 aromatic rings. The van der Waals surface area contributed by atoms with Gasteiger partial charge in [-0.25, -0.2) is 0 Å². The summed E-state index contributed by atoms with van der Waals surface area (Å²) in [6.45, 7) is 1.67. The van der Waals surface area contributed by atoms with Crippen molar-refractivity contribution in [1.82, 2.24) is 4.98 Å². The van der Waals surface area contributed by atoms with Crippen LogP contribution in [-0.4, -0.2) is 44.5 Å². The Kier molecular flexibility index (Phi) is 6.47. The summed E-state index contributed by atoms with van der Waals surface area (Å²) in [6.07, 6.45) is 0. The molecule has 1 aromatic heterocycles. The van der Waals surface area contributed by atoms with Crippen LogP contribution in [0.3, 0.4) is 0 Å². The first-order valence-corrected chi connectivity index (χ1v) is 14.2. The van der Waals surface area contributed by atoms with Crippen LogP contribution >= 0.6 is 0 Å². The fourth-order valence-electron chi connectivity index (χ4n) is 5.35. The van der Waals surface area contributed by atoms with Gasteiger partial charge < -0.3 is 14.6 Å². The first-order valence-electron chi connectivity index (χ1n) is 12.8. The van der Waals surface area contributed by atoms with Crippen LogP contribution in [0.25, 0.3) is 21.7 Å².